The molecule has 4 heterocycles. The Hall–Kier alpha value is -3.20. The number of likely N-dealkylation sites (tertiary alicyclic amines) is 1. The Morgan fingerprint density at radius 2 is 2.23 bits per heavy atom. The molecule has 5 rings (SSSR count). The molecule has 0 aromatic carbocycles. The van der Waals surface area contributed by atoms with Crippen molar-refractivity contribution >= 4 is 28.1 Å². The number of amides is 1. The molecule has 0 spiro atoms. The molecule has 0 radical (unpaired) electrons. The van der Waals surface area contributed by atoms with Crippen LogP contribution in [0.2, 0.25) is 0 Å². The van der Waals surface area contributed by atoms with Crippen LogP contribution in [-0.4, -0.2) is 66.6 Å². The lowest BCUT2D eigenvalue weighted by molar-refractivity contribution is -0.125. The Morgan fingerprint density at radius 1 is 1.41 bits per heavy atom. The number of nitrogens with two attached hydrogens (primary N) is 1. The maximum Gasteiger partial charge on any atom is 0.236 e. The van der Waals surface area contributed by atoms with Gasteiger partial charge in [-0.15, -0.1) is 11.3 Å². The SMILES string of the molecule is C[C@H](Oc1cc(O[C@H]2CCNC2)cc(C(=N)NC(=O)[C@@]2(C)CCCc3sc(N)c(C#N)c32)n1)[C@@H]1CCCN1C. The van der Waals surface area contributed by atoms with Gasteiger partial charge in [0.2, 0.25) is 11.8 Å². The van der Waals surface area contributed by atoms with Crippen molar-refractivity contribution in [3.05, 3.63) is 33.8 Å². The number of nitriles is 1. The zero-order valence-electron chi connectivity index (χ0n) is 22.8. The quantitative estimate of drug-likeness (QED) is 0.303. The van der Waals surface area contributed by atoms with Crippen LogP contribution in [0.4, 0.5) is 5.00 Å². The number of likely N-dealkylation sites (N-methyl/N-ethyl adjacent to an activating group) is 1. The van der Waals surface area contributed by atoms with E-state index >= 15 is 0 Å². The van der Waals surface area contributed by atoms with Crippen molar-refractivity contribution in [2.75, 3.05) is 32.4 Å². The van der Waals surface area contributed by atoms with Crippen molar-refractivity contribution in [1.29, 1.82) is 10.7 Å². The number of nitrogen functional groups attached to an aromatic ring is 1. The molecule has 5 N–H and O–H groups in total. The van der Waals surface area contributed by atoms with E-state index in [2.05, 4.69) is 33.6 Å². The van der Waals surface area contributed by atoms with E-state index in [1.807, 2.05) is 13.8 Å². The van der Waals surface area contributed by atoms with Crippen LogP contribution in [0.25, 0.3) is 0 Å². The molecule has 2 fully saturated rings. The smallest absolute Gasteiger partial charge is 0.236 e. The van der Waals surface area contributed by atoms with Gasteiger partial charge >= 0.3 is 0 Å². The van der Waals surface area contributed by atoms with Crippen molar-refractivity contribution in [2.24, 2.45) is 0 Å². The molecule has 0 saturated carbocycles. The minimum atomic E-state index is -0.969. The van der Waals surface area contributed by atoms with Gasteiger partial charge in [0, 0.05) is 35.2 Å². The van der Waals surface area contributed by atoms with Gasteiger partial charge in [0.15, 0.2) is 5.84 Å². The second-order valence-electron chi connectivity index (χ2n) is 11.0. The van der Waals surface area contributed by atoms with Crippen LogP contribution < -0.4 is 25.8 Å². The Bertz CT molecular complexity index is 1300. The lowest BCUT2D eigenvalue weighted by Gasteiger charge is -2.33. The standard InChI is InChI=1S/C28H37N7O3S/c1-16(21-6-5-11-35(21)3)37-23-13-18(38-17-8-10-32-15-17)12-20(33-23)25(30)34-27(36)28(2)9-4-7-22-24(28)19(14-29)26(31)39-22/h12-13,16-17,21,32H,4-11,15,31H2,1-3H3,(H2,30,34,36)/t16-,17-,21-,28-/m0/s1. The van der Waals surface area contributed by atoms with Gasteiger partial charge in [-0.1, -0.05) is 0 Å². The van der Waals surface area contributed by atoms with Gasteiger partial charge in [-0.05, 0) is 72.5 Å². The monoisotopic (exact) mass is 551 g/mol. The summed E-state index contributed by atoms with van der Waals surface area (Å²) in [5.41, 5.74) is 6.48. The van der Waals surface area contributed by atoms with Gasteiger partial charge in [-0.3, -0.25) is 15.1 Å². The predicted molar refractivity (Wildman–Crippen MR) is 151 cm³/mol. The fourth-order valence-corrected chi connectivity index (χ4v) is 7.29. The van der Waals surface area contributed by atoms with Crippen molar-refractivity contribution in [3.63, 3.8) is 0 Å². The number of rotatable bonds is 7. The summed E-state index contributed by atoms with van der Waals surface area (Å²) in [6, 6.07) is 5.92. The van der Waals surface area contributed by atoms with Gasteiger partial charge in [-0.2, -0.15) is 5.26 Å². The van der Waals surface area contributed by atoms with E-state index in [1.54, 1.807) is 12.1 Å². The Kier molecular flexibility index (Phi) is 7.80. The second kappa shape index (κ2) is 11.1. The first kappa shape index (κ1) is 27.4. The fraction of sp³-hybridized carbons (Fsp3) is 0.571. The lowest BCUT2D eigenvalue weighted by Crippen LogP contribution is -2.47. The topological polar surface area (TPSA) is 149 Å². The van der Waals surface area contributed by atoms with Crippen LogP contribution in [0.5, 0.6) is 11.6 Å². The van der Waals surface area contributed by atoms with Crippen molar-refractivity contribution in [1.82, 2.24) is 20.5 Å². The highest BCUT2D eigenvalue weighted by Crippen LogP contribution is 2.45. The fourth-order valence-electron chi connectivity index (χ4n) is 6.10. The van der Waals surface area contributed by atoms with Gasteiger partial charge in [0.25, 0.3) is 0 Å². The molecule has 39 heavy (non-hydrogen) atoms. The van der Waals surface area contributed by atoms with E-state index < -0.39 is 5.41 Å². The first-order valence-electron chi connectivity index (χ1n) is 13.7. The number of carbonyl (C=O) groups excluding carboxylic acids is 1. The molecule has 208 valence electrons. The number of hydrogen-bond acceptors (Lipinski definition) is 10. The van der Waals surface area contributed by atoms with E-state index in [9.17, 15) is 10.1 Å². The number of thiophene rings is 1. The van der Waals surface area contributed by atoms with E-state index in [1.165, 1.54) is 11.3 Å². The summed E-state index contributed by atoms with van der Waals surface area (Å²) >= 11 is 1.38. The number of nitrogens with zero attached hydrogens (tertiary/aromatic N) is 3. The summed E-state index contributed by atoms with van der Waals surface area (Å²) in [5, 5.41) is 25.1. The lowest BCUT2D eigenvalue weighted by atomic mass is 9.72. The van der Waals surface area contributed by atoms with Gasteiger partial charge in [-0.25, -0.2) is 4.98 Å². The highest BCUT2D eigenvalue weighted by atomic mass is 32.1. The largest absolute Gasteiger partial charge is 0.489 e. The van der Waals surface area contributed by atoms with E-state index in [-0.39, 0.29) is 35.7 Å². The normalized spacial score (nSPS) is 25.5. The van der Waals surface area contributed by atoms with Gasteiger partial charge in [0.05, 0.1) is 11.0 Å². The zero-order chi connectivity index (χ0) is 27.7. The first-order valence-corrected chi connectivity index (χ1v) is 14.5. The third-order valence-electron chi connectivity index (χ3n) is 8.27. The first-order chi connectivity index (χ1) is 18.7. The van der Waals surface area contributed by atoms with Crippen LogP contribution in [-0.2, 0) is 16.6 Å². The summed E-state index contributed by atoms with van der Waals surface area (Å²) in [5.74, 6) is 0.432. The van der Waals surface area contributed by atoms with Crippen LogP contribution in [0.1, 0.15) is 67.6 Å². The number of nitrogens with one attached hydrogen (secondary N) is 3. The molecule has 2 saturated heterocycles. The number of fused-ring (bicyclic) bond motifs is 1. The predicted octanol–water partition coefficient (Wildman–Crippen LogP) is 2.93. The molecule has 2 aliphatic heterocycles. The third kappa shape index (κ3) is 5.46. The van der Waals surface area contributed by atoms with Gasteiger partial charge in [0.1, 0.15) is 34.7 Å². The van der Waals surface area contributed by atoms with E-state index in [4.69, 9.17) is 20.6 Å². The molecule has 2 aromatic heterocycles. The summed E-state index contributed by atoms with van der Waals surface area (Å²) in [4.78, 5) is 21.5. The summed E-state index contributed by atoms with van der Waals surface area (Å²) < 4.78 is 12.5. The Morgan fingerprint density at radius 3 is 2.92 bits per heavy atom. The number of ether oxygens (including phenoxy) is 2. The second-order valence-corrected chi connectivity index (χ2v) is 12.2. The number of anilines is 1. The zero-order valence-corrected chi connectivity index (χ0v) is 23.6. The molecule has 0 unspecified atom stereocenters. The molecule has 3 aliphatic rings. The maximum atomic E-state index is 13.7. The number of aryl methyl sites for hydroxylation is 1. The van der Waals surface area contributed by atoms with Crippen LogP contribution in [0.3, 0.4) is 0 Å². The number of amidine groups is 1. The minimum Gasteiger partial charge on any atom is -0.489 e. The summed E-state index contributed by atoms with van der Waals surface area (Å²) in [7, 11) is 2.10. The molecule has 1 amide bonds. The van der Waals surface area contributed by atoms with Crippen molar-refractivity contribution in [3.8, 4) is 17.7 Å². The Labute approximate surface area is 233 Å². The van der Waals surface area contributed by atoms with Crippen LogP contribution in [0, 0.1) is 16.7 Å². The molecule has 0 bridgehead atoms. The van der Waals surface area contributed by atoms with E-state index in [0.29, 0.717) is 34.2 Å². The number of hydrogen-bond donors (Lipinski definition) is 4. The molecule has 1 aliphatic carbocycles. The minimum absolute atomic E-state index is 0.0169. The molecule has 2 aromatic rings. The average molecular weight is 552 g/mol. The number of carbonyl (C=O) groups is 1. The van der Waals surface area contributed by atoms with Crippen LogP contribution in [0.15, 0.2) is 12.1 Å². The maximum absolute atomic E-state index is 13.7. The van der Waals surface area contributed by atoms with Crippen molar-refractivity contribution in [2.45, 2.75) is 76.0 Å². The van der Waals surface area contributed by atoms with Gasteiger partial charge < -0.3 is 25.8 Å². The molecular weight excluding hydrogens is 514 g/mol. The third-order valence-corrected chi connectivity index (χ3v) is 9.35. The highest BCUT2D eigenvalue weighted by Gasteiger charge is 2.43. The van der Waals surface area contributed by atoms with Crippen molar-refractivity contribution < 1.29 is 14.3 Å². The molecule has 10 nitrogen and oxygen atoms in total. The molecular formula is C28H37N7O3S. The highest BCUT2D eigenvalue weighted by molar-refractivity contribution is 7.16. The summed E-state index contributed by atoms with van der Waals surface area (Å²) in [6.07, 6.45) is 5.15. The van der Waals surface area contributed by atoms with E-state index in [0.717, 1.165) is 56.6 Å². The molecule has 4 atom stereocenters. The average Bonchev–Trinajstić information content (AvgIpc) is 3.64. The summed E-state index contributed by atoms with van der Waals surface area (Å²) in [6.45, 7) is 6.54. The van der Waals surface area contributed by atoms with Crippen LogP contribution >= 0.6 is 11.3 Å². The Balaban J connectivity index is 1.39. The molecule has 11 heteroatoms. The number of pyridine rings is 1. The number of aromatic nitrogens is 1.